The van der Waals surface area contributed by atoms with Crippen LogP contribution in [-0.4, -0.2) is 46.2 Å². The molecule has 0 atom stereocenters. The highest BCUT2D eigenvalue weighted by molar-refractivity contribution is 5.70. The summed E-state index contributed by atoms with van der Waals surface area (Å²) >= 11 is 0. The molecule has 1 aromatic carbocycles. The van der Waals surface area contributed by atoms with Crippen LogP contribution in [0.1, 0.15) is 12.5 Å². The maximum atomic E-state index is 11.5. The Morgan fingerprint density at radius 2 is 1.89 bits per heavy atom. The zero-order chi connectivity index (χ0) is 13.9. The van der Waals surface area contributed by atoms with Crippen LogP contribution in [-0.2, 0) is 6.42 Å². The molecule has 0 aromatic heterocycles. The van der Waals surface area contributed by atoms with Crippen LogP contribution in [0.3, 0.4) is 0 Å². The van der Waals surface area contributed by atoms with Crippen LogP contribution in [0.25, 0.3) is 0 Å². The van der Waals surface area contributed by atoms with E-state index in [-0.39, 0.29) is 6.09 Å². The Morgan fingerprint density at radius 1 is 1.28 bits per heavy atom. The second-order valence-electron chi connectivity index (χ2n) is 5.42. The number of amides is 1. The van der Waals surface area contributed by atoms with Gasteiger partial charge in [0.25, 0.3) is 0 Å². The number of hydrogen-bond donors (Lipinski definition) is 0. The molecule has 0 heterocycles. The van der Waals surface area contributed by atoms with E-state index in [1.54, 1.807) is 14.1 Å². The largest absolute Gasteiger partial charge is 0.414 e. The molecule has 1 amide bonds. The minimum Gasteiger partial charge on any atom is -0.410 e. The molecule has 1 rings (SSSR count). The van der Waals surface area contributed by atoms with Gasteiger partial charge in [0.05, 0.1) is 21.1 Å². The highest BCUT2D eigenvalue weighted by Crippen LogP contribution is 2.27. The third-order valence-electron chi connectivity index (χ3n) is 2.72. The Balaban J connectivity index is 3.03. The summed E-state index contributed by atoms with van der Waals surface area (Å²) in [5.41, 5.74) is 2.44. The third-order valence-corrected chi connectivity index (χ3v) is 2.72. The lowest BCUT2D eigenvalue weighted by Crippen LogP contribution is -2.35. The molecule has 18 heavy (non-hydrogen) atoms. The average molecular weight is 251 g/mol. The van der Waals surface area contributed by atoms with Gasteiger partial charge in [0.1, 0.15) is 11.4 Å². The van der Waals surface area contributed by atoms with Crippen LogP contribution in [0.4, 0.5) is 10.5 Å². The fourth-order valence-electron chi connectivity index (χ4n) is 1.76. The molecule has 0 aliphatic rings. The van der Waals surface area contributed by atoms with E-state index in [0.717, 1.165) is 10.9 Å². The summed E-state index contributed by atoms with van der Waals surface area (Å²) in [5.74, 6) is 0.600. The van der Waals surface area contributed by atoms with E-state index in [1.165, 1.54) is 16.2 Å². The summed E-state index contributed by atoms with van der Waals surface area (Å²) in [4.78, 5) is 12.9. The summed E-state index contributed by atoms with van der Waals surface area (Å²) in [6.07, 6.45) is 0.563. The first-order valence-corrected chi connectivity index (χ1v) is 6.09. The van der Waals surface area contributed by atoms with Crippen LogP contribution in [0.2, 0.25) is 0 Å². The van der Waals surface area contributed by atoms with E-state index >= 15 is 0 Å². The van der Waals surface area contributed by atoms with Crippen LogP contribution in [0.5, 0.6) is 5.75 Å². The summed E-state index contributed by atoms with van der Waals surface area (Å²) in [5, 5.41) is 0. The van der Waals surface area contributed by atoms with Crippen molar-refractivity contribution in [1.29, 1.82) is 0 Å². The predicted molar refractivity (Wildman–Crippen MR) is 75.1 cm³/mol. The van der Waals surface area contributed by atoms with Gasteiger partial charge in [-0.05, 0) is 18.6 Å². The maximum absolute atomic E-state index is 11.5. The monoisotopic (exact) mass is 251 g/mol. The molecule has 0 saturated heterocycles. The Bertz CT molecular complexity index is 434. The van der Waals surface area contributed by atoms with E-state index < -0.39 is 0 Å². The van der Waals surface area contributed by atoms with Gasteiger partial charge in [0.2, 0.25) is 0 Å². The number of nitrogens with zero attached hydrogens (tertiary/aromatic N) is 2. The summed E-state index contributed by atoms with van der Waals surface area (Å²) in [6, 6.07) is 5.82. The van der Waals surface area contributed by atoms with Crippen molar-refractivity contribution >= 4 is 11.8 Å². The molecular formula is C14H23N2O2+. The summed E-state index contributed by atoms with van der Waals surface area (Å²) < 4.78 is 6.02. The topological polar surface area (TPSA) is 29.5 Å². The quantitative estimate of drug-likeness (QED) is 0.772. The van der Waals surface area contributed by atoms with Crippen molar-refractivity contribution in [2.45, 2.75) is 13.3 Å². The van der Waals surface area contributed by atoms with E-state index in [1.807, 2.05) is 18.2 Å². The Labute approximate surface area is 109 Å². The van der Waals surface area contributed by atoms with Crippen molar-refractivity contribution in [2.75, 3.05) is 35.2 Å². The fourth-order valence-corrected chi connectivity index (χ4v) is 1.76. The first-order valence-electron chi connectivity index (χ1n) is 6.09. The lowest BCUT2D eigenvalue weighted by Gasteiger charge is -2.26. The number of carbonyl (C=O) groups excluding carboxylic acids is 1. The summed E-state index contributed by atoms with van der Waals surface area (Å²) in [6.45, 7) is 2.10. The molecule has 0 spiro atoms. The highest BCUT2D eigenvalue weighted by atomic mass is 16.6. The van der Waals surface area contributed by atoms with Gasteiger partial charge in [0, 0.05) is 25.7 Å². The first kappa shape index (κ1) is 14.5. The molecule has 0 unspecified atom stereocenters. The number of carbonyl (C=O) groups is 1. The van der Waals surface area contributed by atoms with Gasteiger partial charge in [-0.15, -0.1) is 0 Å². The van der Waals surface area contributed by atoms with Crippen molar-refractivity contribution in [3.05, 3.63) is 23.8 Å². The molecule has 0 aliphatic heterocycles. The van der Waals surface area contributed by atoms with Crippen LogP contribution in [0.15, 0.2) is 18.2 Å². The molecule has 0 fully saturated rings. The molecule has 1 aromatic rings. The normalized spacial score (nSPS) is 11.2. The predicted octanol–water partition coefficient (Wildman–Crippen LogP) is 2.51. The minimum atomic E-state index is -0.352. The van der Waals surface area contributed by atoms with E-state index in [0.29, 0.717) is 5.75 Å². The average Bonchev–Trinajstić information content (AvgIpc) is 2.27. The van der Waals surface area contributed by atoms with Crippen molar-refractivity contribution in [3.63, 3.8) is 0 Å². The van der Waals surface area contributed by atoms with E-state index in [2.05, 4.69) is 28.1 Å². The second-order valence-corrected chi connectivity index (χ2v) is 5.42. The maximum Gasteiger partial charge on any atom is 0.414 e. The SMILES string of the molecule is CCc1cc(OC(=O)N(C)C)ccc1[N+](C)(C)C. The van der Waals surface area contributed by atoms with Crippen LogP contribution >= 0.6 is 0 Å². The smallest absolute Gasteiger partial charge is 0.410 e. The number of ether oxygens (including phenoxy) is 1. The van der Waals surface area contributed by atoms with Gasteiger partial charge < -0.3 is 9.64 Å². The zero-order valence-corrected chi connectivity index (χ0v) is 12.2. The van der Waals surface area contributed by atoms with Crippen LogP contribution in [0, 0.1) is 0 Å². The number of aryl methyl sites for hydroxylation is 1. The minimum absolute atomic E-state index is 0.352. The highest BCUT2D eigenvalue weighted by Gasteiger charge is 2.18. The van der Waals surface area contributed by atoms with Crippen molar-refractivity contribution in [3.8, 4) is 5.75 Å². The van der Waals surface area contributed by atoms with Crippen molar-refractivity contribution in [2.24, 2.45) is 0 Å². The molecular weight excluding hydrogens is 228 g/mol. The van der Waals surface area contributed by atoms with Crippen LogP contribution < -0.4 is 9.22 Å². The Hall–Kier alpha value is -1.55. The molecule has 0 aliphatic carbocycles. The molecule has 0 radical (unpaired) electrons. The zero-order valence-electron chi connectivity index (χ0n) is 12.2. The van der Waals surface area contributed by atoms with E-state index in [9.17, 15) is 4.79 Å². The van der Waals surface area contributed by atoms with Crippen molar-refractivity contribution in [1.82, 2.24) is 9.38 Å². The molecule has 4 heteroatoms. The van der Waals surface area contributed by atoms with Gasteiger partial charge >= 0.3 is 6.09 Å². The van der Waals surface area contributed by atoms with Gasteiger partial charge in [-0.2, -0.15) is 0 Å². The van der Waals surface area contributed by atoms with Gasteiger partial charge in [-0.1, -0.05) is 6.92 Å². The standard InChI is InChI=1S/C14H23N2O2/c1-7-11-10-12(18-14(17)15(2)3)8-9-13(11)16(4,5)6/h8-10H,7H2,1-6H3/q+1. The van der Waals surface area contributed by atoms with E-state index in [4.69, 9.17) is 4.74 Å². The molecule has 0 bridgehead atoms. The summed E-state index contributed by atoms with van der Waals surface area (Å²) in [7, 11) is 9.72. The lowest BCUT2D eigenvalue weighted by atomic mass is 10.1. The Morgan fingerprint density at radius 3 is 2.33 bits per heavy atom. The molecule has 100 valence electrons. The van der Waals surface area contributed by atoms with Gasteiger partial charge in [-0.25, -0.2) is 4.79 Å². The molecule has 4 nitrogen and oxygen atoms in total. The Kier molecular flexibility index (Phi) is 4.35. The molecule has 0 saturated carbocycles. The number of rotatable bonds is 3. The number of quaternary nitrogens is 1. The first-order chi connectivity index (χ1) is 8.25. The molecule has 0 N–H and O–H groups in total. The van der Waals surface area contributed by atoms with Gasteiger partial charge in [0.15, 0.2) is 0 Å². The lowest BCUT2D eigenvalue weighted by molar-refractivity contribution is 0.172. The third kappa shape index (κ3) is 3.47. The second kappa shape index (κ2) is 5.40. The number of benzene rings is 1. The van der Waals surface area contributed by atoms with Crippen molar-refractivity contribution < 1.29 is 9.53 Å². The fraction of sp³-hybridized carbons (Fsp3) is 0.500. The number of hydrogen-bond acceptors (Lipinski definition) is 2. The van der Waals surface area contributed by atoms with Gasteiger partial charge in [-0.3, -0.25) is 4.48 Å².